The number of rotatable bonds is 5. The van der Waals surface area contributed by atoms with Gasteiger partial charge in [0.15, 0.2) is 5.69 Å². The van der Waals surface area contributed by atoms with Crippen LogP contribution in [-0.4, -0.2) is 33.8 Å². The van der Waals surface area contributed by atoms with E-state index in [1.165, 1.54) is 6.92 Å². The summed E-state index contributed by atoms with van der Waals surface area (Å²) in [6.07, 6.45) is -2.81. The number of alkyl halides is 3. The number of halogens is 4. The van der Waals surface area contributed by atoms with Gasteiger partial charge in [0.25, 0.3) is 0 Å². The highest BCUT2D eigenvalue weighted by molar-refractivity contribution is 6.32. The van der Waals surface area contributed by atoms with Crippen LogP contribution in [0.25, 0.3) is 5.69 Å². The van der Waals surface area contributed by atoms with E-state index in [1.54, 1.807) is 0 Å². The second-order valence-corrected chi connectivity index (χ2v) is 4.73. The van der Waals surface area contributed by atoms with Crippen LogP contribution < -0.4 is 5.32 Å². The number of nitrogens with zero attached hydrogens (tertiary/aromatic N) is 3. The number of pyridine rings is 1. The lowest BCUT2D eigenvalue weighted by molar-refractivity contribution is -0.143. The molecule has 0 atom stereocenters. The van der Waals surface area contributed by atoms with E-state index in [2.05, 4.69) is 20.1 Å². The van der Waals surface area contributed by atoms with Crippen molar-refractivity contribution in [3.63, 3.8) is 0 Å². The number of ether oxygens (including phenoxy) is 1. The molecule has 0 aliphatic rings. The molecule has 0 saturated heterocycles. The van der Waals surface area contributed by atoms with E-state index in [4.69, 9.17) is 11.6 Å². The minimum atomic E-state index is -4.90. The summed E-state index contributed by atoms with van der Waals surface area (Å²) in [6.45, 7) is 1.37. The van der Waals surface area contributed by atoms with Crippen LogP contribution in [0.5, 0.6) is 0 Å². The Morgan fingerprint density at radius 2 is 2.17 bits per heavy atom. The van der Waals surface area contributed by atoms with Crippen molar-refractivity contribution >= 4 is 29.8 Å². The number of hydrogen-bond acceptors (Lipinski definition) is 5. The molecule has 0 unspecified atom stereocenters. The van der Waals surface area contributed by atoms with Crippen molar-refractivity contribution < 1.29 is 27.5 Å². The molecular formula is C13H10ClF3N4O3. The van der Waals surface area contributed by atoms with Crippen LogP contribution >= 0.6 is 11.6 Å². The monoisotopic (exact) mass is 362 g/mol. The largest absolute Gasteiger partial charge is 0.462 e. The maximum atomic E-state index is 13.4. The molecule has 2 aromatic heterocycles. The van der Waals surface area contributed by atoms with Gasteiger partial charge < -0.3 is 10.1 Å². The van der Waals surface area contributed by atoms with Gasteiger partial charge >= 0.3 is 12.1 Å². The standard InChI is InChI=1S/C13H10ClF3N4O3/c1-2-24-12(23)7-4-20-21(11(7)13(15,16)17)9-3-10(19-6-22)18-5-8(9)14/h3-6H,2H2,1H3,(H,18,19,22). The van der Waals surface area contributed by atoms with E-state index in [1.807, 2.05) is 0 Å². The number of nitrogens with one attached hydrogen (secondary N) is 1. The number of aromatic nitrogens is 3. The Morgan fingerprint density at radius 3 is 2.75 bits per heavy atom. The zero-order chi connectivity index (χ0) is 17.9. The Kier molecular flexibility index (Phi) is 5.07. The van der Waals surface area contributed by atoms with E-state index in [0.29, 0.717) is 11.1 Å². The molecule has 0 bridgehead atoms. The third-order valence-electron chi connectivity index (χ3n) is 2.80. The van der Waals surface area contributed by atoms with E-state index >= 15 is 0 Å². The number of amides is 1. The summed E-state index contributed by atoms with van der Waals surface area (Å²) in [5.74, 6) is -1.20. The Labute approximate surface area is 138 Å². The van der Waals surface area contributed by atoms with Gasteiger partial charge in [0.1, 0.15) is 11.4 Å². The van der Waals surface area contributed by atoms with Crippen LogP contribution in [0.2, 0.25) is 5.02 Å². The van der Waals surface area contributed by atoms with Crippen molar-refractivity contribution in [3.05, 3.63) is 34.7 Å². The van der Waals surface area contributed by atoms with Gasteiger partial charge in [0.05, 0.1) is 29.7 Å². The number of carbonyl (C=O) groups excluding carboxylic acids is 2. The maximum Gasteiger partial charge on any atom is 0.434 e. The molecule has 24 heavy (non-hydrogen) atoms. The predicted octanol–water partition coefficient (Wildman–Crippen LogP) is 2.68. The summed E-state index contributed by atoms with van der Waals surface area (Å²) in [5.41, 5.74) is -2.30. The summed E-state index contributed by atoms with van der Waals surface area (Å²) in [5, 5.41) is 5.62. The molecule has 0 aliphatic carbocycles. The molecule has 2 rings (SSSR count). The van der Waals surface area contributed by atoms with Crippen LogP contribution in [0.3, 0.4) is 0 Å². The zero-order valence-corrected chi connectivity index (χ0v) is 12.9. The normalized spacial score (nSPS) is 11.2. The van der Waals surface area contributed by atoms with E-state index in [0.717, 1.165) is 18.5 Å². The summed E-state index contributed by atoms with van der Waals surface area (Å²) >= 11 is 5.88. The van der Waals surface area contributed by atoms with E-state index < -0.39 is 23.4 Å². The topological polar surface area (TPSA) is 86.1 Å². The molecule has 2 heterocycles. The summed E-state index contributed by atoms with van der Waals surface area (Å²) in [7, 11) is 0. The first kappa shape index (κ1) is 17.7. The Balaban J connectivity index is 2.65. The predicted molar refractivity (Wildman–Crippen MR) is 77.0 cm³/mol. The molecule has 0 saturated carbocycles. The lowest BCUT2D eigenvalue weighted by Gasteiger charge is -2.13. The molecule has 0 aromatic carbocycles. The van der Waals surface area contributed by atoms with Crippen molar-refractivity contribution in [2.75, 3.05) is 11.9 Å². The van der Waals surface area contributed by atoms with Crippen molar-refractivity contribution in [2.24, 2.45) is 0 Å². The Bertz CT molecular complexity index is 776. The zero-order valence-electron chi connectivity index (χ0n) is 12.1. The number of esters is 1. The molecule has 7 nitrogen and oxygen atoms in total. The van der Waals surface area contributed by atoms with Gasteiger partial charge in [-0.05, 0) is 6.92 Å². The third-order valence-corrected chi connectivity index (χ3v) is 3.09. The van der Waals surface area contributed by atoms with Crippen molar-refractivity contribution in [3.8, 4) is 5.69 Å². The number of carbonyl (C=O) groups is 2. The van der Waals surface area contributed by atoms with Gasteiger partial charge in [0.2, 0.25) is 6.41 Å². The molecule has 128 valence electrons. The van der Waals surface area contributed by atoms with E-state index in [9.17, 15) is 22.8 Å². The maximum absolute atomic E-state index is 13.4. The molecule has 0 spiro atoms. The second-order valence-electron chi connectivity index (χ2n) is 4.32. The van der Waals surface area contributed by atoms with Crippen LogP contribution in [0.4, 0.5) is 19.0 Å². The van der Waals surface area contributed by atoms with Crippen molar-refractivity contribution in [2.45, 2.75) is 13.1 Å². The van der Waals surface area contributed by atoms with Gasteiger partial charge in [-0.2, -0.15) is 18.3 Å². The highest BCUT2D eigenvalue weighted by Gasteiger charge is 2.41. The van der Waals surface area contributed by atoms with Crippen molar-refractivity contribution in [1.29, 1.82) is 0 Å². The third kappa shape index (κ3) is 3.48. The highest BCUT2D eigenvalue weighted by Crippen LogP contribution is 2.35. The molecule has 2 aromatic rings. The SMILES string of the molecule is CCOC(=O)c1cnn(-c2cc(NC=O)ncc2Cl)c1C(F)(F)F. The second kappa shape index (κ2) is 6.87. The summed E-state index contributed by atoms with van der Waals surface area (Å²) in [6, 6.07) is 1.09. The van der Waals surface area contributed by atoms with Crippen molar-refractivity contribution in [1.82, 2.24) is 14.8 Å². The molecule has 0 radical (unpaired) electrons. The van der Waals surface area contributed by atoms with Crippen LogP contribution in [0, 0.1) is 0 Å². The molecular weight excluding hydrogens is 353 g/mol. The molecule has 11 heteroatoms. The smallest absolute Gasteiger partial charge is 0.434 e. The first-order valence-electron chi connectivity index (χ1n) is 6.48. The van der Waals surface area contributed by atoms with Gasteiger partial charge in [-0.25, -0.2) is 14.5 Å². The van der Waals surface area contributed by atoms with Crippen LogP contribution in [0.1, 0.15) is 23.0 Å². The fraction of sp³-hybridized carbons (Fsp3) is 0.231. The summed E-state index contributed by atoms with van der Waals surface area (Å²) < 4.78 is 45.3. The molecule has 0 fully saturated rings. The van der Waals surface area contributed by atoms with Crippen LogP contribution in [-0.2, 0) is 15.7 Å². The molecule has 0 aliphatic heterocycles. The fourth-order valence-electron chi connectivity index (χ4n) is 1.89. The van der Waals surface area contributed by atoms with Gasteiger partial charge in [-0.3, -0.25) is 4.79 Å². The van der Waals surface area contributed by atoms with E-state index in [-0.39, 0.29) is 23.1 Å². The quantitative estimate of drug-likeness (QED) is 0.653. The fourth-order valence-corrected chi connectivity index (χ4v) is 2.08. The number of anilines is 1. The molecule has 1 N–H and O–H groups in total. The van der Waals surface area contributed by atoms with Gasteiger partial charge in [-0.15, -0.1) is 0 Å². The van der Waals surface area contributed by atoms with Crippen LogP contribution in [0.15, 0.2) is 18.5 Å². The lowest BCUT2D eigenvalue weighted by atomic mass is 10.2. The van der Waals surface area contributed by atoms with Gasteiger partial charge in [-0.1, -0.05) is 11.6 Å². The highest BCUT2D eigenvalue weighted by atomic mass is 35.5. The first-order valence-corrected chi connectivity index (χ1v) is 6.85. The van der Waals surface area contributed by atoms with Gasteiger partial charge in [0, 0.05) is 6.07 Å². The average molecular weight is 363 g/mol. The minimum Gasteiger partial charge on any atom is -0.462 e. The average Bonchev–Trinajstić information content (AvgIpc) is 2.94. The Hall–Kier alpha value is -2.62. The lowest BCUT2D eigenvalue weighted by Crippen LogP contribution is -2.19. The summed E-state index contributed by atoms with van der Waals surface area (Å²) in [4.78, 5) is 25.9. The first-order chi connectivity index (χ1) is 11.3. The molecule has 1 amide bonds. The minimum absolute atomic E-state index is 0.0364. The Morgan fingerprint density at radius 1 is 1.46 bits per heavy atom. The number of hydrogen-bond donors (Lipinski definition) is 1.